The smallest absolute Gasteiger partial charge is 0.239 e. The molecule has 0 unspecified atom stereocenters. The van der Waals surface area contributed by atoms with Crippen LogP contribution in [0.1, 0.15) is 33.1 Å². The maximum absolute atomic E-state index is 13.0. The molecule has 1 aromatic carbocycles. The summed E-state index contributed by atoms with van der Waals surface area (Å²) in [5.41, 5.74) is 7.68. The van der Waals surface area contributed by atoms with Crippen molar-refractivity contribution in [2.45, 2.75) is 45.7 Å². The number of carbonyl (C=O) groups is 1. The summed E-state index contributed by atoms with van der Waals surface area (Å²) in [6.45, 7) is 6.34. The summed E-state index contributed by atoms with van der Waals surface area (Å²) in [4.78, 5) is 14.4. The summed E-state index contributed by atoms with van der Waals surface area (Å²) in [6.07, 6.45) is 4.67. The molecule has 2 N–H and O–H groups in total. The predicted molar refractivity (Wildman–Crippen MR) is 102 cm³/mol. The van der Waals surface area contributed by atoms with Gasteiger partial charge >= 0.3 is 0 Å². The molecule has 0 radical (unpaired) electrons. The van der Waals surface area contributed by atoms with Gasteiger partial charge in [0.1, 0.15) is 11.5 Å². The number of hydrogen-bond donors (Lipinski definition) is 1. The van der Waals surface area contributed by atoms with Gasteiger partial charge in [-0.15, -0.1) is 5.10 Å². The van der Waals surface area contributed by atoms with Crippen molar-refractivity contribution in [2.24, 2.45) is 17.6 Å². The molecule has 2 aromatic rings. The Morgan fingerprint density at radius 1 is 1.30 bits per heavy atom. The molecule has 1 aliphatic rings. The lowest BCUT2D eigenvalue weighted by Crippen LogP contribution is -2.49. The van der Waals surface area contributed by atoms with E-state index in [4.69, 9.17) is 5.73 Å². The first-order chi connectivity index (χ1) is 13.0. The van der Waals surface area contributed by atoms with Crippen LogP contribution in [0.2, 0.25) is 0 Å². The number of likely N-dealkylation sites (tertiary alicyclic amines) is 1. The highest BCUT2D eigenvalue weighted by Gasteiger charge is 2.28. The topological polar surface area (TPSA) is 77.0 Å². The minimum Gasteiger partial charge on any atom is -0.341 e. The van der Waals surface area contributed by atoms with Crippen LogP contribution in [0.5, 0.6) is 0 Å². The van der Waals surface area contributed by atoms with E-state index in [-0.39, 0.29) is 17.6 Å². The van der Waals surface area contributed by atoms with Gasteiger partial charge in [0.15, 0.2) is 0 Å². The first-order valence-electron chi connectivity index (χ1n) is 9.68. The van der Waals surface area contributed by atoms with Crippen LogP contribution in [0, 0.1) is 17.7 Å². The lowest BCUT2D eigenvalue weighted by molar-refractivity contribution is -0.135. The molecule has 0 spiro atoms. The summed E-state index contributed by atoms with van der Waals surface area (Å²) >= 11 is 0. The lowest BCUT2D eigenvalue weighted by Gasteiger charge is -2.34. The van der Waals surface area contributed by atoms with E-state index in [2.05, 4.69) is 17.2 Å². The van der Waals surface area contributed by atoms with E-state index in [0.717, 1.165) is 50.2 Å². The third kappa shape index (κ3) is 4.71. The Balaban J connectivity index is 1.52. The summed E-state index contributed by atoms with van der Waals surface area (Å²) < 4.78 is 14.9. The van der Waals surface area contributed by atoms with E-state index in [1.54, 1.807) is 12.1 Å². The molecule has 7 heteroatoms. The van der Waals surface area contributed by atoms with Crippen LogP contribution in [0.15, 0.2) is 30.5 Å². The number of rotatable bonds is 6. The van der Waals surface area contributed by atoms with E-state index in [1.165, 1.54) is 12.1 Å². The number of piperidine rings is 1. The zero-order chi connectivity index (χ0) is 19.4. The van der Waals surface area contributed by atoms with Crippen molar-refractivity contribution in [3.8, 4) is 11.3 Å². The molecule has 0 bridgehead atoms. The summed E-state index contributed by atoms with van der Waals surface area (Å²) in [6, 6.07) is 5.85. The zero-order valence-corrected chi connectivity index (χ0v) is 16.0. The molecule has 0 saturated carbocycles. The van der Waals surface area contributed by atoms with Gasteiger partial charge in [-0.2, -0.15) is 0 Å². The molecular weight excluding hydrogens is 345 g/mol. The Morgan fingerprint density at radius 3 is 2.59 bits per heavy atom. The van der Waals surface area contributed by atoms with Gasteiger partial charge in [-0.3, -0.25) is 9.48 Å². The monoisotopic (exact) mass is 373 g/mol. The van der Waals surface area contributed by atoms with Crippen molar-refractivity contribution < 1.29 is 9.18 Å². The molecule has 146 valence electrons. The average molecular weight is 373 g/mol. The molecule has 6 nitrogen and oxygen atoms in total. The van der Waals surface area contributed by atoms with Crippen molar-refractivity contribution in [1.29, 1.82) is 0 Å². The predicted octanol–water partition coefficient (Wildman–Crippen LogP) is 2.70. The maximum atomic E-state index is 13.0. The normalized spacial score (nSPS) is 17.7. The number of aromatic nitrogens is 3. The largest absolute Gasteiger partial charge is 0.341 e. The molecule has 2 heterocycles. The minimum atomic E-state index is -0.403. The fourth-order valence-electron chi connectivity index (χ4n) is 3.45. The minimum absolute atomic E-state index is 0.0714. The fraction of sp³-hybridized carbons (Fsp3) is 0.550. The fourth-order valence-corrected chi connectivity index (χ4v) is 3.45. The summed E-state index contributed by atoms with van der Waals surface area (Å²) in [5.74, 6) is 0.467. The molecule has 27 heavy (non-hydrogen) atoms. The first kappa shape index (κ1) is 19.5. The van der Waals surface area contributed by atoms with Gasteiger partial charge in [-0.05, 0) is 48.9 Å². The Labute approximate surface area is 159 Å². The third-order valence-electron chi connectivity index (χ3n) is 5.59. The molecular formula is C20H28FN5O. The zero-order valence-electron chi connectivity index (χ0n) is 16.0. The van der Waals surface area contributed by atoms with Crippen LogP contribution < -0.4 is 5.73 Å². The highest BCUT2D eigenvalue weighted by molar-refractivity contribution is 5.82. The molecule has 1 saturated heterocycles. The quantitative estimate of drug-likeness (QED) is 0.845. The Morgan fingerprint density at radius 2 is 1.96 bits per heavy atom. The number of amides is 1. The number of benzene rings is 1. The second kappa shape index (κ2) is 8.61. The SMILES string of the molecule is CC[C@H](C)[C@H](N)C(=O)N1CCC(Cn2cc(-c3ccc(F)cc3)nn2)CC1. The van der Waals surface area contributed by atoms with E-state index in [0.29, 0.717) is 5.92 Å². The number of nitrogens with two attached hydrogens (primary N) is 1. The van der Waals surface area contributed by atoms with Gasteiger partial charge in [0.2, 0.25) is 5.91 Å². The van der Waals surface area contributed by atoms with Gasteiger partial charge in [0.25, 0.3) is 0 Å². The highest BCUT2D eigenvalue weighted by Crippen LogP contribution is 2.22. The standard InChI is InChI=1S/C20H28FN5O/c1-3-14(2)19(22)20(27)25-10-8-15(9-11-25)12-26-13-18(23-24-26)16-4-6-17(21)7-5-16/h4-7,13-15,19H,3,8-12,22H2,1-2H3/t14-,19-/m0/s1. The van der Waals surface area contributed by atoms with Crippen molar-refractivity contribution >= 4 is 5.91 Å². The van der Waals surface area contributed by atoms with Crippen LogP contribution >= 0.6 is 0 Å². The Hall–Kier alpha value is -2.28. The molecule has 1 aromatic heterocycles. The molecule has 3 rings (SSSR count). The lowest BCUT2D eigenvalue weighted by atomic mass is 9.94. The van der Waals surface area contributed by atoms with Crippen LogP contribution in [0.3, 0.4) is 0 Å². The summed E-state index contributed by atoms with van der Waals surface area (Å²) in [7, 11) is 0. The van der Waals surface area contributed by atoms with Gasteiger partial charge < -0.3 is 10.6 Å². The van der Waals surface area contributed by atoms with Crippen LogP contribution in [0.4, 0.5) is 4.39 Å². The van der Waals surface area contributed by atoms with Gasteiger partial charge in [0, 0.05) is 25.2 Å². The maximum Gasteiger partial charge on any atom is 0.239 e. The van der Waals surface area contributed by atoms with Crippen LogP contribution in [0.25, 0.3) is 11.3 Å². The number of carbonyl (C=O) groups excluding carboxylic acids is 1. The number of hydrogen-bond acceptors (Lipinski definition) is 4. The van der Waals surface area contributed by atoms with E-state index in [9.17, 15) is 9.18 Å². The van der Waals surface area contributed by atoms with E-state index in [1.807, 2.05) is 22.7 Å². The van der Waals surface area contributed by atoms with Crippen LogP contribution in [-0.2, 0) is 11.3 Å². The second-order valence-electron chi connectivity index (χ2n) is 7.51. The van der Waals surface area contributed by atoms with E-state index >= 15 is 0 Å². The van der Waals surface area contributed by atoms with Crippen molar-refractivity contribution in [3.63, 3.8) is 0 Å². The summed E-state index contributed by atoms with van der Waals surface area (Å²) in [5, 5.41) is 8.38. The average Bonchev–Trinajstić information content (AvgIpc) is 3.15. The molecule has 1 fully saturated rings. The molecule has 1 aliphatic heterocycles. The first-order valence-corrected chi connectivity index (χ1v) is 9.68. The molecule has 2 atom stereocenters. The Kier molecular flexibility index (Phi) is 6.21. The van der Waals surface area contributed by atoms with Gasteiger partial charge in [-0.25, -0.2) is 4.39 Å². The van der Waals surface area contributed by atoms with Gasteiger partial charge in [0.05, 0.1) is 12.2 Å². The second-order valence-corrected chi connectivity index (χ2v) is 7.51. The van der Waals surface area contributed by atoms with Gasteiger partial charge in [-0.1, -0.05) is 25.5 Å². The van der Waals surface area contributed by atoms with Crippen LogP contribution in [-0.4, -0.2) is 44.9 Å². The van der Waals surface area contributed by atoms with Crippen molar-refractivity contribution in [1.82, 2.24) is 19.9 Å². The Bertz CT molecular complexity index is 752. The number of nitrogens with zero attached hydrogens (tertiary/aromatic N) is 4. The van der Waals surface area contributed by atoms with Crippen molar-refractivity contribution in [2.75, 3.05) is 13.1 Å². The highest BCUT2D eigenvalue weighted by atomic mass is 19.1. The van der Waals surface area contributed by atoms with Crippen molar-refractivity contribution in [3.05, 3.63) is 36.3 Å². The molecule has 1 amide bonds. The third-order valence-corrected chi connectivity index (χ3v) is 5.59. The number of halogens is 1. The van der Waals surface area contributed by atoms with E-state index < -0.39 is 6.04 Å². The molecule has 0 aliphatic carbocycles.